The molecule has 5 rings (SSSR count). The van der Waals surface area contributed by atoms with Crippen molar-refractivity contribution in [3.05, 3.63) is 101 Å². The lowest BCUT2D eigenvalue weighted by molar-refractivity contribution is -0.117. The van der Waals surface area contributed by atoms with Gasteiger partial charge in [0, 0.05) is 41.3 Å². The van der Waals surface area contributed by atoms with Gasteiger partial charge >= 0.3 is 0 Å². The second-order valence-corrected chi connectivity index (χ2v) is 9.25. The predicted octanol–water partition coefficient (Wildman–Crippen LogP) is 5.75. The van der Waals surface area contributed by atoms with E-state index in [0.29, 0.717) is 11.1 Å². The van der Waals surface area contributed by atoms with E-state index in [1.54, 1.807) is 0 Å². The molecule has 1 atom stereocenters. The van der Waals surface area contributed by atoms with Gasteiger partial charge in [-0.1, -0.05) is 72.3 Å². The number of nitrogens with zero attached hydrogens (tertiary/aromatic N) is 3. The third kappa shape index (κ3) is 4.46. The molecule has 1 fully saturated rings. The zero-order chi connectivity index (χ0) is 22.8. The lowest BCUT2D eigenvalue weighted by Gasteiger charge is -2.41. The van der Waals surface area contributed by atoms with Gasteiger partial charge in [0.15, 0.2) is 0 Å². The average Bonchev–Trinajstić information content (AvgIpc) is 3.00. The summed E-state index contributed by atoms with van der Waals surface area (Å²) in [7, 11) is 0. The summed E-state index contributed by atoms with van der Waals surface area (Å²) in [5, 5.41) is 0.651. The Balaban J connectivity index is 1.41. The van der Waals surface area contributed by atoms with E-state index in [9.17, 15) is 4.79 Å². The van der Waals surface area contributed by atoms with Crippen molar-refractivity contribution in [2.45, 2.75) is 31.8 Å². The molecule has 5 heteroatoms. The monoisotopic (exact) mass is 457 g/mol. The molecule has 0 saturated carbocycles. The fourth-order valence-corrected chi connectivity index (χ4v) is 5.24. The number of likely N-dealkylation sites (tertiary alicyclic amines) is 1. The normalized spacial score (nSPS) is 18.4. The SMILES string of the molecule is CC(c1ccccc1)N1CCC(N2C(=O)CN=C(c3ccccc3)c3cc(Cl)ccc32)CC1. The summed E-state index contributed by atoms with van der Waals surface area (Å²) >= 11 is 6.40. The number of fused-ring (bicyclic) bond motifs is 1. The van der Waals surface area contributed by atoms with E-state index in [2.05, 4.69) is 42.2 Å². The lowest BCUT2D eigenvalue weighted by atomic mass is 9.96. The van der Waals surface area contributed by atoms with E-state index < -0.39 is 0 Å². The number of hydrogen-bond donors (Lipinski definition) is 0. The second kappa shape index (κ2) is 9.50. The van der Waals surface area contributed by atoms with Gasteiger partial charge in [0.05, 0.1) is 11.4 Å². The molecule has 1 unspecified atom stereocenters. The molecule has 0 spiro atoms. The molecule has 3 aromatic rings. The number of aliphatic imine (C=N–C) groups is 1. The van der Waals surface area contributed by atoms with Crippen LogP contribution in [0.2, 0.25) is 5.02 Å². The highest BCUT2D eigenvalue weighted by Crippen LogP contribution is 2.34. The van der Waals surface area contributed by atoms with E-state index in [1.807, 2.05) is 53.4 Å². The summed E-state index contributed by atoms with van der Waals surface area (Å²) in [6, 6.07) is 27.0. The van der Waals surface area contributed by atoms with Crippen molar-refractivity contribution in [3.8, 4) is 0 Å². The second-order valence-electron chi connectivity index (χ2n) is 8.81. The minimum absolute atomic E-state index is 0.0547. The molecule has 0 bridgehead atoms. The Hall–Kier alpha value is -2.95. The predicted molar refractivity (Wildman–Crippen MR) is 135 cm³/mol. The van der Waals surface area contributed by atoms with Crippen molar-refractivity contribution < 1.29 is 4.79 Å². The fraction of sp³-hybridized carbons (Fsp3) is 0.286. The first-order chi connectivity index (χ1) is 16.1. The van der Waals surface area contributed by atoms with Crippen molar-refractivity contribution >= 4 is 28.9 Å². The molecule has 2 aliphatic rings. The minimum atomic E-state index is 0.0547. The van der Waals surface area contributed by atoms with Crippen LogP contribution in [0.1, 0.15) is 42.5 Å². The summed E-state index contributed by atoms with van der Waals surface area (Å²) < 4.78 is 0. The largest absolute Gasteiger partial charge is 0.307 e. The van der Waals surface area contributed by atoms with Crippen LogP contribution in [0.25, 0.3) is 0 Å². The van der Waals surface area contributed by atoms with Crippen LogP contribution < -0.4 is 4.90 Å². The van der Waals surface area contributed by atoms with Gasteiger partial charge in [0.2, 0.25) is 5.91 Å². The van der Waals surface area contributed by atoms with E-state index in [-0.39, 0.29) is 18.5 Å². The Kier molecular flexibility index (Phi) is 6.30. The van der Waals surface area contributed by atoms with E-state index in [4.69, 9.17) is 16.6 Å². The van der Waals surface area contributed by atoms with Crippen molar-refractivity contribution in [2.75, 3.05) is 24.5 Å². The number of amides is 1. The molecular formula is C28H28ClN3O. The van der Waals surface area contributed by atoms with E-state index >= 15 is 0 Å². The number of carbonyl (C=O) groups excluding carboxylic acids is 1. The molecule has 33 heavy (non-hydrogen) atoms. The zero-order valence-electron chi connectivity index (χ0n) is 18.8. The summed E-state index contributed by atoms with van der Waals surface area (Å²) in [5.74, 6) is 0.0547. The third-order valence-corrected chi connectivity index (χ3v) is 7.09. The third-order valence-electron chi connectivity index (χ3n) is 6.86. The highest BCUT2D eigenvalue weighted by molar-refractivity contribution is 6.32. The van der Waals surface area contributed by atoms with Gasteiger partial charge in [-0.25, -0.2) is 0 Å². The number of rotatable bonds is 4. The minimum Gasteiger partial charge on any atom is -0.307 e. The maximum atomic E-state index is 13.3. The highest BCUT2D eigenvalue weighted by atomic mass is 35.5. The van der Waals surface area contributed by atoms with E-state index in [1.165, 1.54) is 5.56 Å². The van der Waals surface area contributed by atoms with Crippen molar-refractivity contribution in [1.82, 2.24) is 4.90 Å². The number of benzodiazepines with no additional fused rings is 1. The first-order valence-corrected chi connectivity index (χ1v) is 12.0. The number of piperidine rings is 1. The van der Waals surface area contributed by atoms with Gasteiger partial charge in [0.25, 0.3) is 0 Å². The summed E-state index contributed by atoms with van der Waals surface area (Å²) in [4.78, 5) is 22.6. The maximum Gasteiger partial charge on any atom is 0.248 e. The molecule has 0 aromatic heterocycles. The van der Waals surface area contributed by atoms with Crippen LogP contribution in [0.3, 0.4) is 0 Å². The molecule has 2 heterocycles. The molecule has 168 valence electrons. The molecule has 1 saturated heterocycles. The summed E-state index contributed by atoms with van der Waals surface area (Å²) in [5.41, 5.74) is 5.02. The van der Waals surface area contributed by atoms with Gasteiger partial charge in [-0.15, -0.1) is 0 Å². The van der Waals surface area contributed by atoms with Crippen LogP contribution in [-0.2, 0) is 4.79 Å². The Morgan fingerprint density at radius 2 is 1.61 bits per heavy atom. The number of carbonyl (C=O) groups is 1. The van der Waals surface area contributed by atoms with Crippen LogP contribution in [0, 0.1) is 0 Å². The van der Waals surface area contributed by atoms with Gasteiger partial charge in [-0.3, -0.25) is 14.7 Å². The molecule has 0 aliphatic carbocycles. The van der Waals surface area contributed by atoms with Crippen molar-refractivity contribution in [2.24, 2.45) is 4.99 Å². The van der Waals surface area contributed by atoms with Gasteiger partial charge in [-0.2, -0.15) is 0 Å². The summed E-state index contributed by atoms with van der Waals surface area (Å²) in [6.45, 7) is 4.33. The molecule has 1 amide bonds. The van der Waals surface area contributed by atoms with Gasteiger partial charge < -0.3 is 4.90 Å². The van der Waals surface area contributed by atoms with Crippen LogP contribution in [0.5, 0.6) is 0 Å². The number of hydrogen-bond acceptors (Lipinski definition) is 3. The molecule has 4 nitrogen and oxygen atoms in total. The van der Waals surface area contributed by atoms with Crippen LogP contribution in [0.15, 0.2) is 83.9 Å². The molecular weight excluding hydrogens is 430 g/mol. The number of halogens is 1. The topological polar surface area (TPSA) is 35.9 Å². The highest BCUT2D eigenvalue weighted by Gasteiger charge is 2.34. The zero-order valence-corrected chi connectivity index (χ0v) is 19.6. The Morgan fingerprint density at radius 1 is 0.939 bits per heavy atom. The summed E-state index contributed by atoms with van der Waals surface area (Å²) in [6.07, 6.45) is 1.87. The average molecular weight is 458 g/mol. The Labute approximate surface area is 200 Å². The first kappa shape index (κ1) is 21.9. The first-order valence-electron chi connectivity index (χ1n) is 11.6. The standard InChI is InChI=1S/C28H28ClN3O/c1-20(21-8-4-2-5-9-21)31-16-14-24(15-17-31)32-26-13-12-23(29)18-25(26)28(30-19-27(32)33)22-10-6-3-7-11-22/h2-13,18,20,24H,14-17,19H2,1H3. The Bertz CT molecular complexity index is 1150. The fourth-order valence-electron chi connectivity index (χ4n) is 5.07. The molecule has 0 N–H and O–H groups in total. The Morgan fingerprint density at radius 3 is 2.30 bits per heavy atom. The molecule has 3 aromatic carbocycles. The van der Waals surface area contributed by atoms with E-state index in [0.717, 1.165) is 48.5 Å². The van der Waals surface area contributed by atoms with Crippen LogP contribution in [-0.4, -0.2) is 42.2 Å². The van der Waals surface area contributed by atoms with Crippen LogP contribution >= 0.6 is 11.6 Å². The quantitative estimate of drug-likeness (QED) is 0.500. The molecule has 2 aliphatic heterocycles. The van der Waals surface area contributed by atoms with Crippen molar-refractivity contribution in [3.63, 3.8) is 0 Å². The van der Waals surface area contributed by atoms with Crippen molar-refractivity contribution in [1.29, 1.82) is 0 Å². The number of anilines is 1. The maximum absolute atomic E-state index is 13.3. The smallest absolute Gasteiger partial charge is 0.248 e. The van der Waals surface area contributed by atoms with Crippen LogP contribution in [0.4, 0.5) is 5.69 Å². The lowest BCUT2D eigenvalue weighted by Crippen LogP contribution is -2.48. The van der Waals surface area contributed by atoms with Gasteiger partial charge in [0.1, 0.15) is 6.54 Å². The van der Waals surface area contributed by atoms with Gasteiger partial charge in [-0.05, 0) is 43.5 Å². The number of benzene rings is 3. The molecule has 0 radical (unpaired) electrons.